The van der Waals surface area contributed by atoms with Gasteiger partial charge in [0.1, 0.15) is 6.34 Å². The molecule has 21 heavy (non-hydrogen) atoms. The van der Waals surface area contributed by atoms with Crippen LogP contribution in [0.15, 0.2) is 10.3 Å². The molecule has 122 valence electrons. The first kappa shape index (κ1) is 19.3. The Balaban J connectivity index is 0.00000122. The number of unbranched alkanes of at least 4 members (excludes halogenated alkanes) is 5. The van der Waals surface area contributed by atoms with E-state index in [4.69, 9.17) is 15.0 Å². The Morgan fingerprint density at radius 2 is 2.00 bits per heavy atom. The molecule has 0 aromatic carbocycles. The minimum absolute atomic E-state index is 0.00910. The zero-order chi connectivity index (χ0) is 15.9. The molecule has 0 saturated heterocycles. The summed E-state index contributed by atoms with van der Waals surface area (Å²) in [6, 6.07) is 0. The minimum atomic E-state index is -0.128. The topological polar surface area (TPSA) is 91.6 Å². The summed E-state index contributed by atoms with van der Waals surface area (Å²) < 4.78 is 0. The molecule has 0 fully saturated rings. The van der Waals surface area contributed by atoms with E-state index < -0.39 is 0 Å². The van der Waals surface area contributed by atoms with Gasteiger partial charge in [-0.2, -0.15) is 5.06 Å². The average Bonchev–Trinajstić information content (AvgIpc) is 2.96. The number of aliphatic imine (C=N–C) groups is 1. The van der Waals surface area contributed by atoms with Gasteiger partial charge in [-0.15, -0.1) is 4.91 Å². The van der Waals surface area contributed by atoms with Crippen molar-refractivity contribution in [3.63, 3.8) is 0 Å². The highest BCUT2D eigenvalue weighted by molar-refractivity contribution is 5.73. The van der Waals surface area contributed by atoms with Crippen LogP contribution in [0.2, 0.25) is 0 Å². The van der Waals surface area contributed by atoms with Crippen LogP contribution in [0.25, 0.3) is 0 Å². The van der Waals surface area contributed by atoms with Gasteiger partial charge in [0.15, 0.2) is 5.34 Å². The SMILES string of the molecule is CCCCCCCCC(C)C(=O)ON1C=NCC1.O=NO. The van der Waals surface area contributed by atoms with Crippen LogP contribution in [0.4, 0.5) is 0 Å². The minimum Gasteiger partial charge on any atom is -0.379 e. The second kappa shape index (κ2) is 13.3. The van der Waals surface area contributed by atoms with E-state index in [2.05, 4.69) is 11.9 Å². The Labute approximate surface area is 126 Å². The van der Waals surface area contributed by atoms with E-state index in [0.29, 0.717) is 6.54 Å². The molecule has 0 spiro atoms. The molecule has 1 atom stereocenters. The monoisotopic (exact) mass is 301 g/mol. The molecule has 0 saturated carbocycles. The lowest BCUT2D eigenvalue weighted by molar-refractivity contribution is -0.175. The number of hydrogen-bond acceptors (Lipinski definition) is 6. The quantitative estimate of drug-likeness (QED) is 0.400. The van der Waals surface area contributed by atoms with Crippen LogP contribution in [0, 0.1) is 10.8 Å². The third-order valence-corrected chi connectivity index (χ3v) is 3.26. The first-order chi connectivity index (χ1) is 10.2. The van der Waals surface area contributed by atoms with Crippen LogP contribution >= 0.6 is 0 Å². The van der Waals surface area contributed by atoms with Gasteiger partial charge in [-0.1, -0.05) is 52.4 Å². The first-order valence-corrected chi connectivity index (χ1v) is 7.60. The van der Waals surface area contributed by atoms with Crippen molar-refractivity contribution in [2.45, 2.75) is 58.8 Å². The molecule has 0 aliphatic carbocycles. The van der Waals surface area contributed by atoms with Gasteiger partial charge in [-0.05, 0) is 6.42 Å². The molecule has 0 bridgehead atoms. The number of hydrogen-bond donors (Lipinski definition) is 1. The van der Waals surface area contributed by atoms with Crippen molar-refractivity contribution in [2.75, 3.05) is 13.1 Å². The summed E-state index contributed by atoms with van der Waals surface area (Å²) in [6.45, 7) is 5.58. The van der Waals surface area contributed by atoms with E-state index in [-0.39, 0.29) is 11.9 Å². The van der Waals surface area contributed by atoms with Gasteiger partial charge in [-0.3, -0.25) is 4.99 Å². The molecule has 7 heteroatoms. The average molecular weight is 301 g/mol. The second-order valence-corrected chi connectivity index (χ2v) is 5.11. The standard InChI is InChI=1S/C14H26N2O2.HNO2/c1-3-4-5-6-7-8-9-13(2)14(17)18-16-11-10-15-12-16;2-1-3/h12-13H,3-11H2,1-2H3;(H,2,3). The third-order valence-electron chi connectivity index (χ3n) is 3.26. The maximum Gasteiger partial charge on any atom is 0.335 e. The van der Waals surface area contributed by atoms with E-state index in [1.807, 2.05) is 6.92 Å². The first-order valence-electron chi connectivity index (χ1n) is 7.60. The van der Waals surface area contributed by atoms with Gasteiger partial charge in [-0.25, -0.2) is 4.79 Å². The highest BCUT2D eigenvalue weighted by atomic mass is 16.7. The number of carbonyl (C=O) groups is 1. The number of hydroxylamine groups is 2. The van der Waals surface area contributed by atoms with Crippen molar-refractivity contribution in [2.24, 2.45) is 16.3 Å². The smallest absolute Gasteiger partial charge is 0.335 e. The maximum absolute atomic E-state index is 11.7. The second-order valence-electron chi connectivity index (χ2n) is 5.11. The highest BCUT2D eigenvalue weighted by Gasteiger charge is 2.18. The summed E-state index contributed by atoms with van der Waals surface area (Å²) >= 11 is 0. The predicted molar refractivity (Wildman–Crippen MR) is 80.9 cm³/mol. The van der Waals surface area contributed by atoms with Crippen LogP contribution in [0.5, 0.6) is 0 Å². The normalized spacial score (nSPS) is 14.3. The summed E-state index contributed by atoms with van der Waals surface area (Å²) in [5.74, 6) is -0.137. The lowest BCUT2D eigenvalue weighted by atomic mass is 10.0. The van der Waals surface area contributed by atoms with Crippen LogP contribution in [0.3, 0.4) is 0 Å². The molecular weight excluding hydrogens is 274 g/mol. The molecule has 0 aromatic rings. The lowest BCUT2D eigenvalue weighted by Crippen LogP contribution is -2.27. The molecule has 0 amide bonds. The molecule has 0 aromatic heterocycles. The Morgan fingerprint density at radius 3 is 2.57 bits per heavy atom. The Morgan fingerprint density at radius 1 is 1.38 bits per heavy atom. The molecule has 1 heterocycles. The fourth-order valence-corrected chi connectivity index (χ4v) is 1.99. The summed E-state index contributed by atoms with van der Waals surface area (Å²) in [5, 5.41) is 9.42. The number of nitrogens with zero attached hydrogens (tertiary/aromatic N) is 3. The molecule has 1 unspecified atom stereocenters. The van der Waals surface area contributed by atoms with Gasteiger partial charge in [0.25, 0.3) is 0 Å². The van der Waals surface area contributed by atoms with Crippen molar-refractivity contribution in [3.05, 3.63) is 4.91 Å². The zero-order valence-corrected chi connectivity index (χ0v) is 13.0. The third kappa shape index (κ3) is 10.8. The van der Waals surface area contributed by atoms with Gasteiger partial charge in [0.2, 0.25) is 0 Å². The highest BCUT2D eigenvalue weighted by Crippen LogP contribution is 2.14. The van der Waals surface area contributed by atoms with Crippen molar-refractivity contribution < 1.29 is 14.8 Å². The van der Waals surface area contributed by atoms with Crippen LogP contribution in [-0.4, -0.2) is 35.7 Å². The van der Waals surface area contributed by atoms with Crippen molar-refractivity contribution >= 4 is 12.3 Å². The van der Waals surface area contributed by atoms with Gasteiger partial charge in [0.05, 0.1) is 19.0 Å². The van der Waals surface area contributed by atoms with Gasteiger partial charge in [0, 0.05) is 0 Å². The Kier molecular flexibility index (Phi) is 12.3. The van der Waals surface area contributed by atoms with Crippen LogP contribution in [0.1, 0.15) is 58.8 Å². The van der Waals surface area contributed by atoms with E-state index in [1.165, 1.54) is 42.5 Å². The van der Waals surface area contributed by atoms with Gasteiger partial charge < -0.3 is 10.0 Å². The lowest BCUT2D eigenvalue weighted by Gasteiger charge is -2.16. The van der Waals surface area contributed by atoms with Crippen LogP contribution in [-0.2, 0) is 9.63 Å². The van der Waals surface area contributed by atoms with Crippen LogP contribution < -0.4 is 0 Å². The van der Waals surface area contributed by atoms with E-state index in [9.17, 15) is 4.79 Å². The van der Waals surface area contributed by atoms with E-state index >= 15 is 0 Å². The van der Waals surface area contributed by atoms with Crippen molar-refractivity contribution in [1.82, 2.24) is 5.06 Å². The Hall–Kier alpha value is -1.66. The molecule has 7 nitrogen and oxygen atoms in total. The van der Waals surface area contributed by atoms with Crippen molar-refractivity contribution in [1.29, 1.82) is 0 Å². The van der Waals surface area contributed by atoms with E-state index in [1.54, 1.807) is 6.34 Å². The number of carbonyl (C=O) groups excluding carboxylic acids is 1. The molecular formula is C14H27N3O4. The molecule has 1 rings (SSSR count). The fraction of sp³-hybridized carbons (Fsp3) is 0.857. The zero-order valence-electron chi connectivity index (χ0n) is 13.0. The largest absolute Gasteiger partial charge is 0.379 e. The van der Waals surface area contributed by atoms with Gasteiger partial charge >= 0.3 is 5.97 Å². The summed E-state index contributed by atoms with van der Waals surface area (Å²) in [7, 11) is 0. The molecule has 1 aliphatic rings. The molecule has 1 aliphatic heterocycles. The predicted octanol–water partition coefficient (Wildman–Crippen LogP) is 3.32. The molecule has 1 N–H and O–H groups in total. The summed E-state index contributed by atoms with van der Waals surface area (Å²) in [4.78, 5) is 29.1. The van der Waals surface area contributed by atoms with E-state index in [0.717, 1.165) is 19.4 Å². The Bertz CT molecular complexity index is 311. The molecule has 0 radical (unpaired) electrons. The number of rotatable bonds is 9. The summed E-state index contributed by atoms with van der Waals surface area (Å²) in [5.41, 5.74) is 0. The summed E-state index contributed by atoms with van der Waals surface area (Å²) in [6.07, 6.45) is 10.1. The fourth-order valence-electron chi connectivity index (χ4n) is 1.99. The maximum atomic E-state index is 11.7. The van der Waals surface area contributed by atoms with Crippen molar-refractivity contribution in [3.8, 4) is 0 Å².